The van der Waals surface area contributed by atoms with Gasteiger partial charge in [-0.3, -0.25) is 14.4 Å². The Bertz CT molecular complexity index is 960. The number of benzene rings is 1. The average Bonchev–Trinajstić information content (AvgIpc) is 2.79. The number of esters is 2. The highest BCUT2D eigenvalue weighted by molar-refractivity contribution is 5.77. The van der Waals surface area contributed by atoms with E-state index in [0.717, 1.165) is 0 Å². The third kappa shape index (κ3) is 10.7. The lowest BCUT2D eigenvalue weighted by atomic mass is 9.79. The number of hydrogen-bond acceptors (Lipinski definition) is 9. The number of carboxylic acid groups (broad SMARTS) is 1. The van der Waals surface area contributed by atoms with Crippen LogP contribution in [0.15, 0.2) is 18.2 Å². The highest BCUT2D eigenvalue weighted by Crippen LogP contribution is 2.37. The van der Waals surface area contributed by atoms with Crippen LogP contribution in [0.4, 0.5) is 4.79 Å². The van der Waals surface area contributed by atoms with E-state index < -0.39 is 48.0 Å². The van der Waals surface area contributed by atoms with Crippen molar-refractivity contribution < 1.29 is 43.2 Å². The van der Waals surface area contributed by atoms with Crippen molar-refractivity contribution in [2.45, 2.75) is 98.8 Å². The number of ether oxygens (including phenoxy) is 4. The van der Waals surface area contributed by atoms with Gasteiger partial charge in [0.25, 0.3) is 0 Å². The molecule has 4 unspecified atom stereocenters. The first kappa shape index (κ1) is 32.9. The second kappa shape index (κ2) is 15.3. The van der Waals surface area contributed by atoms with Gasteiger partial charge in [-0.05, 0) is 49.8 Å². The van der Waals surface area contributed by atoms with Crippen LogP contribution in [0.5, 0.6) is 11.5 Å². The lowest BCUT2D eigenvalue weighted by molar-refractivity contribution is -0.140. The maximum atomic E-state index is 12.5. The summed E-state index contributed by atoms with van der Waals surface area (Å²) in [6.07, 6.45) is -1.07. The highest BCUT2D eigenvalue weighted by Gasteiger charge is 2.36. The Balaban J connectivity index is 3.41. The third-order valence-electron chi connectivity index (χ3n) is 6.08. The van der Waals surface area contributed by atoms with Crippen LogP contribution >= 0.6 is 0 Å². The Morgan fingerprint density at radius 3 is 1.84 bits per heavy atom. The molecule has 1 aromatic carbocycles. The molecule has 0 aromatic heterocycles. The van der Waals surface area contributed by atoms with Crippen LogP contribution in [-0.2, 0) is 23.9 Å². The van der Waals surface area contributed by atoms with Gasteiger partial charge in [-0.15, -0.1) is 0 Å². The van der Waals surface area contributed by atoms with Gasteiger partial charge in [0.05, 0.1) is 0 Å². The van der Waals surface area contributed by atoms with Gasteiger partial charge in [0, 0.05) is 24.7 Å². The topological polar surface area (TPSA) is 151 Å². The lowest BCUT2D eigenvalue weighted by Gasteiger charge is -2.31. The summed E-state index contributed by atoms with van der Waals surface area (Å²) < 4.78 is 21.6. The van der Waals surface area contributed by atoms with Crippen LogP contribution < -0.4 is 15.2 Å². The standard InChI is InChI=1S/C28H43NO9/c1-9-17(6)35-28(34)36-19(8)18(7)25(26(29)27(32)33)20-10-11-21(37-23(30)12-15(2)3)22(14-20)38-24(31)13-16(4)5/h10-11,14-19,25-26H,9,12-13,29H2,1-8H3,(H,32,33)/t17?,18?,19?,25?,26-/m0/s1. The van der Waals surface area contributed by atoms with E-state index in [1.54, 1.807) is 26.8 Å². The molecule has 0 amide bonds. The first-order valence-electron chi connectivity index (χ1n) is 13.1. The number of nitrogens with two attached hydrogens (primary N) is 1. The van der Waals surface area contributed by atoms with Crippen molar-refractivity contribution in [3.05, 3.63) is 23.8 Å². The largest absolute Gasteiger partial charge is 0.508 e. The Morgan fingerprint density at radius 2 is 1.37 bits per heavy atom. The molecular weight excluding hydrogens is 494 g/mol. The quantitative estimate of drug-likeness (QED) is 0.243. The molecule has 5 atom stereocenters. The zero-order chi connectivity index (χ0) is 29.2. The van der Waals surface area contributed by atoms with Crippen molar-refractivity contribution in [2.24, 2.45) is 23.5 Å². The first-order valence-corrected chi connectivity index (χ1v) is 13.1. The maximum Gasteiger partial charge on any atom is 0.508 e. The fraction of sp³-hybridized carbons (Fsp3) is 0.643. The molecule has 0 saturated heterocycles. The van der Waals surface area contributed by atoms with Crippen LogP contribution in [0, 0.1) is 17.8 Å². The second-order valence-electron chi connectivity index (χ2n) is 10.5. The van der Waals surface area contributed by atoms with Crippen LogP contribution in [0.2, 0.25) is 0 Å². The minimum Gasteiger partial charge on any atom is -0.480 e. The lowest BCUT2D eigenvalue weighted by Crippen LogP contribution is -2.42. The molecule has 10 heteroatoms. The van der Waals surface area contributed by atoms with Crippen LogP contribution in [0.3, 0.4) is 0 Å². The van der Waals surface area contributed by atoms with E-state index in [2.05, 4.69) is 0 Å². The molecule has 0 bridgehead atoms. The summed E-state index contributed by atoms with van der Waals surface area (Å²) in [4.78, 5) is 48.9. The number of hydrogen-bond donors (Lipinski definition) is 2. The molecule has 0 aliphatic rings. The van der Waals surface area contributed by atoms with Gasteiger partial charge < -0.3 is 29.8 Å². The smallest absolute Gasteiger partial charge is 0.480 e. The molecule has 0 fully saturated rings. The molecular formula is C28H43NO9. The molecule has 214 valence electrons. The monoisotopic (exact) mass is 537 g/mol. The van der Waals surface area contributed by atoms with Gasteiger partial charge in [0.2, 0.25) is 0 Å². The van der Waals surface area contributed by atoms with Crippen LogP contribution in [-0.4, -0.2) is 47.4 Å². The Hall–Kier alpha value is -3.14. The molecule has 3 N–H and O–H groups in total. The van der Waals surface area contributed by atoms with Gasteiger partial charge in [-0.2, -0.15) is 0 Å². The van der Waals surface area contributed by atoms with E-state index in [1.165, 1.54) is 12.1 Å². The Kier molecular flexibility index (Phi) is 13.3. The van der Waals surface area contributed by atoms with Crippen LogP contribution in [0.25, 0.3) is 0 Å². The Morgan fingerprint density at radius 1 is 0.842 bits per heavy atom. The fourth-order valence-corrected chi connectivity index (χ4v) is 3.71. The predicted molar refractivity (Wildman–Crippen MR) is 141 cm³/mol. The molecule has 0 saturated carbocycles. The van der Waals surface area contributed by atoms with Crippen molar-refractivity contribution in [1.29, 1.82) is 0 Å². The molecule has 0 heterocycles. The molecule has 1 rings (SSSR count). The molecule has 0 aliphatic carbocycles. The molecule has 1 aromatic rings. The average molecular weight is 538 g/mol. The summed E-state index contributed by atoms with van der Waals surface area (Å²) in [6, 6.07) is 3.08. The minimum atomic E-state index is -1.38. The Labute approximate surface area is 225 Å². The number of carbonyl (C=O) groups is 4. The van der Waals surface area contributed by atoms with E-state index in [-0.39, 0.29) is 42.3 Å². The van der Waals surface area contributed by atoms with Crippen molar-refractivity contribution >= 4 is 24.1 Å². The van der Waals surface area contributed by atoms with E-state index in [4.69, 9.17) is 24.7 Å². The van der Waals surface area contributed by atoms with Crippen LogP contribution in [0.1, 0.15) is 86.1 Å². The number of rotatable bonds is 14. The summed E-state index contributed by atoms with van der Waals surface area (Å²) >= 11 is 0. The van der Waals surface area contributed by atoms with Crippen molar-refractivity contribution in [3.8, 4) is 11.5 Å². The summed E-state index contributed by atoms with van der Waals surface area (Å²) in [5.74, 6) is -3.64. The molecule has 0 spiro atoms. The third-order valence-corrected chi connectivity index (χ3v) is 6.08. The maximum absolute atomic E-state index is 12.5. The van der Waals surface area contributed by atoms with E-state index in [1.807, 2.05) is 34.6 Å². The zero-order valence-electron chi connectivity index (χ0n) is 23.7. The molecule has 10 nitrogen and oxygen atoms in total. The summed E-state index contributed by atoms with van der Waals surface area (Å²) in [6.45, 7) is 14.4. The molecule has 0 aliphatic heterocycles. The zero-order valence-corrected chi connectivity index (χ0v) is 23.7. The van der Waals surface area contributed by atoms with Crippen molar-refractivity contribution in [1.82, 2.24) is 0 Å². The number of aliphatic carboxylic acids is 1. The number of carboxylic acids is 1. The summed E-state index contributed by atoms with van der Waals surface area (Å²) in [5, 5.41) is 9.74. The van der Waals surface area contributed by atoms with Gasteiger partial charge in [0.15, 0.2) is 11.5 Å². The molecule has 0 radical (unpaired) electrons. The SMILES string of the molecule is CCC(C)OC(=O)OC(C)C(C)C(c1ccc(OC(=O)CC(C)C)c(OC(=O)CC(C)C)c1)[C@H](N)C(=O)O. The normalized spacial score (nSPS) is 15.2. The van der Waals surface area contributed by atoms with Crippen molar-refractivity contribution in [2.75, 3.05) is 0 Å². The van der Waals surface area contributed by atoms with Gasteiger partial charge in [0.1, 0.15) is 18.2 Å². The summed E-state index contributed by atoms with van der Waals surface area (Å²) in [7, 11) is 0. The van der Waals surface area contributed by atoms with E-state index in [9.17, 15) is 24.3 Å². The first-order chi connectivity index (χ1) is 17.7. The highest BCUT2D eigenvalue weighted by atomic mass is 16.7. The van der Waals surface area contributed by atoms with Crippen molar-refractivity contribution in [3.63, 3.8) is 0 Å². The number of carbonyl (C=O) groups excluding carboxylic acids is 3. The second-order valence-corrected chi connectivity index (χ2v) is 10.5. The van der Waals surface area contributed by atoms with E-state index >= 15 is 0 Å². The fourth-order valence-electron chi connectivity index (χ4n) is 3.71. The predicted octanol–water partition coefficient (Wildman–Crippen LogP) is 5.06. The molecule has 38 heavy (non-hydrogen) atoms. The van der Waals surface area contributed by atoms with Gasteiger partial charge in [-0.1, -0.05) is 47.6 Å². The van der Waals surface area contributed by atoms with Gasteiger partial charge in [-0.25, -0.2) is 4.79 Å². The summed E-state index contributed by atoms with van der Waals surface area (Å²) in [5.41, 5.74) is 6.50. The minimum absolute atomic E-state index is 0.0233. The van der Waals surface area contributed by atoms with Gasteiger partial charge >= 0.3 is 24.1 Å². The van der Waals surface area contributed by atoms with E-state index in [0.29, 0.717) is 12.0 Å².